The van der Waals surface area contributed by atoms with Gasteiger partial charge in [-0.2, -0.15) is 0 Å². The molecule has 0 aliphatic carbocycles. The topological polar surface area (TPSA) is 86.1 Å². The monoisotopic (exact) mass is 484 g/mol. The molecule has 8 heteroatoms. The minimum atomic E-state index is -3.84. The number of ether oxygens (including phenoxy) is 1. The van der Waals surface area contributed by atoms with Gasteiger partial charge >= 0.3 is 0 Å². The summed E-state index contributed by atoms with van der Waals surface area (Å²) < 4.78 is 35.8. The number of hydrogen-bond donors (Lipinski definition) is 1. The first kappa shape index (κ1) is 22.6. The van der Waals surface area contributed by atoms with Gasteiger partial charge in [0.1, 0.15) is 5.75 Å². The summed E-state index contributed by atoms with van der Waals surface area (Å²) >= 11 is 0. The number of hydrogen-bond acceptors (Lipinski definition) is 5. The molecular weight excluding hydrogens is 460 g/mol. The lowest BCUT2D eigenvalue weighted by Gasteiger charge is -2.13. The maximum atomic E-state index is 13.0. The average Bonchev–Trinajstić information content (AvgIpc) is 3.23. The summed E-state index contributed by atoms with van der Waals surface area (Å²) in [5.74, 6) is 0.844. The van der Waals surface area contributed by atoms with Gasteiger partial charge in [0, 0.05) is 22.5 Å². The van der Waals surface area contributed by atoms with Gasteiger partial charge in [-0.1, -0.05) is 18.2 Å². The van der Waals surface area contributed by atoms with E-state index in [2.05, 4.69) is 31.4 Å². The fourth-order valence-electron chi connectivity index (χ4n) is 4.13. The number of fused-ring (bicyclic) bond motifs is 1. The summed E-state index contributed by atoms with van der Waals surface area (Å²) in [6.07, 6.45) is 0. The summed E-state index contributed by atoms with van der Waals surface area (Å²) in [5, 5.41) is 1.09. The van der Waals surface area contributed by atoms with E-state index in [1.165, 1.54) is 0 Å². The van der Waals surface area contributed by atoms with Crippen molar-refractivity contribution >= 4 is 26.9 Å². The highest BCUT2D eigenvalue weighted by molar-refractivity contribution is 7.92. The number of nitrogens with zero attached hydrogens (tertiary/aromatic N) is 3. The van der Waals surface area contributed by atoms with Crippen LogP contribution in [0.1, 0.15) is 11.4 Å². The molecule has 0 bridgehead atoms. The van der Waals surface area contributed by atoms with Crippen molar-refractivity contribution in [3.63, 3.8) is 0 Å². The maximum absolute atomic E-state index is 13.0. The van der Waals surface area contributed by atoms with Gasteiger partial charge in [0.25, 0.3) is 10.0 Å². The Hall–Kier alpha value is -4.17. The fourth-order valence-corrected chi connectivity index (χ4v) is 5.08. The van der Waals surface area contributed by atoms with Gasteiger partial charge in [-0.25, -0.2) is 23.1 Å². The van der Waals surface area contributed by atoms with E-state index in [4.69, 9.17) is 4.74 Å². The van der Waals surface area contributed by atoms with E-state index in [9.17, 15) is 8.42 Å². The van der Waals surface area contributed by atoms with Crippen molar-refractivity contribution < 1.29 is 13.2 Å². The van der Waals surface area contributed by atoms with Gasteiger partial charge in [-0.05, 0) is 86.1 Å². The van der Waals surface area contributed by atoms with Crippen LogP contribution in [0, 0.1) is 13.8 Å². The first-order valence-electron chi connectivity index (χ1n) is 11.0. The van der Waals surface area contributed by atoms with E-state index < -0.39 is 10.0 Å². The molecule has 5 rings (SSSR count). The van der Waals surface area contributed by atoms with E-state index >= 15 is 0 Å². The number of nitrogens with one attached hydrogen (secondary N) is 1. The van der Waals surface area contributed by atoms with Gasteiger partial charge < -0.3 is 9.30 Å². The standard InChI is InChI=1S/C27H24N4O3S/c1-18-16-19(2)29-27(28-18)30-35(32,33)24-14-10-22(11-15-24)31-25-7-5-4-6-21(25)17-26(31)20-8-12-23(34-3)13-9-20/h4-17H,1-3H3,(H,28,29,30). The number of sulfonamides is 1. The van der Waals surface area contributed by atoms with Crippen molar-refractivity contribution in [1.29, 1.82) is 0 Å². The minimum Gasteiger partial charge on any atom is -0.497 e. The van der Waals surface area contributed by atoms with Crippen LogP contribution in [0.25, 0.3) is 27.8 Å². The molecule has 176 valence electrons. The zero-order chi connectivity index (χ0) is 24.6. The Balaban J connectivity index is 1.54. The molecule has 1 N–H and O–H groups in total. The van der Waals surface area contributed by atoms with Crippen molar-refractivity contribution in [2.45, 2.75) is 18.7 Å². The predicted octanol–water partition coefficient (Wildman–Crippen LogP) is 5.51. The lowest BCUT2D eigenvalue weighted by Crippen LogP contribution is -2.15. The van der Waals surface area contributed by atoms with Crippen LogP contribution in [-0.4, -0.2) is 30.1 Å². The van der Waals surface area contributed by atoms with Crippen LogP contribution in [0.5, 0.6) is 5.75 Å². The molecular formula is C27H24N4O3S. The van der Waals surface area contributed by atoms with Gasteiger partial charge in [0.15, 0.2) is 0 Å². The highest BCUT2D eigenvalue weighted by atomic mass is 32.2. The number of para-hydroxylation sites is 1. The molecule has 3 aromatic carbocycles. The Morgan fingerprint density at radius 1 is 0.829 bits per heavy atom. The van der Waals surface area contributed by atoms with Gasteiger partial charge in [0.2, 0.25) is 5.95 Å². The Morgan fingerprint density at radius 3 is 2.14 bits per heavy atom. The van der Waals surface area contributed by atoms with Gasteiger partial charge in [0.05, 0.1) is 23.2 Å². The highest BCUT2D eigenvalue weighted by Crippen LogP contribution is 2.33. The fraction of sp³-hybridized carbons (Fsp3) is 0.111. The van der Waals surface area contributed by atoms with Gasteiger partial charge in [-0.3, -0.25) is 0 Å². The molecule has 0 unspecified atom stereocenters. The molecule has 0 amide bonds. The Labute approximate surface area is 204 Å². The largest absolute Gasteiger partial charge is 0.497 e. The number of benzene rings is 3. The molecule has 5 aromatic rings. The third-order valence-corrected chi connectivity index (χ3v) is 7.05. The number of aromatic nitrogens is 3. The molecule has 0 radical (unpaired) electrons. The second kappa shape index (κ2) is 8.88. The van der Waals surface area contributed by atoms with Crippen molar-refractivity contribution in [1.82, 2.24) is 14.5 Å². The van der Waals surface area contributed by atoms with E-state index in [1.807, 2.05) is 42.5 Å². The summed E-state index contributed by atoms with van der Waals surface area (Å²) in [4.78, 5) is 8.49. The summed E-state index contributed by atoms with van der Waals surface area (Å²) in [6, 6.07) is 26.7. The Kier molecular flexibility index (Phi) is 5.74. The van der Waals surface area contributed by atoms with E-state index in [-0.39, 0.29) is 10.8 Å². The third-order valence-electron chi connectivity index (χ3n) is 5.71. The van der Waals surface area contributed by atoms with Crippen LogP contribution in [0.2, 0.25) is 0 Å². The van der Waals surface area contributed by atoms with Crippen LogP contribution >= 0.6 is 0 Å². The van der Waals surface area contributed by atoms with Crippen molar-refractivity contribution in [2.75, 3.05) is 11.8 Å². The average molecular weight is 485 g/mol. The maximum Gasteiger partial charge on any atom is 0.264 e. The van der Waals surface area contributed by atoms with E-state index in [1.54, 1.807) is 51.3 Å². The van der Waals surface area contributed by atoms with Crippen molar-refractivity contribution in [2.24, 2.45) is 0 Å². The predicted molar refractivity (Wildman–Crippen MR) is 138 cm³/mol. The zero-order valence-corrected chi connectivity index (χ0v) is 20.4. The molecule has 0 fully saturated rings. The van der Waals surface area contributed by atoms with E-state index in [0.717, 1.165) is 33.6 Å². The molecule has 0 atom stereocenters. The van der Waals surface area contributed by atoms with Crippen molar-refractivity contribution in [3.8, 4) is 22.7 Å². The summed E-state index contributed by atoms with van der Waals surface area (Å²) in [6.45, 7) is 3.59. The zero-order valence-electron chi connectivity index (χ0n) is 19.6. The molecule has 2 heterocycles. The number of anilines is 1. The van der Waals surface area contributed by atoms with Crippen molar-refractivity contribution in [3.05, 3.63) is 96.3 Å². The normalized spacial score (nSPS) is 11.5. The second-order valence-corrected chi connectivity index (χ2v) is 9.91. The molecule has 0 spiro atoms. The van der Waals surface area contributed by atoms with Crippen LogP contribution in [0.15, 0.2) is 89.8 Å². The minimum absolute atomic E-state index is 0.0600. The van der Waals surface area contributed by atoms with E-state index in [0.29, 0.717) is 11.4 Å². The Bertz CT molecular complexity index is 1600. The van der Waals surface area contributed by atoms with Crippen LogP contribution < -0.4 is 9.46 Å². The molecule has 0 aliphatic heterocycles. The molecule has 0 saturated carbocycles. The second-order valence-electron chi connectivity index (χ2n) is 8.23. The lowest BCUT2D eigenvalue weighted by molar-refractivity contribution is 0.415. The number of aryl methyl sites for hydroxylation is 2. The highest BCUT2D eigenvalue weighted by Gasteiger charge is 2.18. The molecule has 2 aromatic heterocycles. The van der Waals surface area contributed by atoms with Crippen LogP contribution in [-0.2, 0) is 10.0 Å². The molecule has 0 saturated heterocycles. The summed E-state index contributed by atoms with van der Waals surface area (Å²) in [5.41, 5.74) is 5.26. The van der Waals surface area contributed by atoms with Crippen LogP contribution in [0.4, 0.5) is 5.95 Å². The first-order valence-corrected chi connectivity index (χ1v) is 12.5. The molecule has 35 heavy (non-hydrogen) atoms. The van der Waals surface area contributed by atoms with Crippen LogP contribution in [0.3, 0.4) is 0 Å². The smallest absolute Gasteiger partial charge is 0.264 e. The number of methoxy groups -OCH3 is 1. The third kappa shape index (κ3) is 4.48. The molecule has 7 nitrogen and oxygen atoms in total. The number of rotatable bonds is 6. The Morgan fingerprint density at radius 2 is 1.49 bits per heavy atom. The summed E-state index contributed by atoms with van der Waals surface area (Å²) in [7, 11) is -2.20. The SMILES string of the molecule is COc1ccc(-c2cc3ccccc3n2-c2ccc(S(=O)(=O)Nc3nc(C)cc(C)n3)cc2)cc1. The molecule has 0 aliphatic rings. The quantitative estimate of drug-likeness (QED) is 0.343. The first-order chi connectivity index (χ1) is 16.8. The van der Waals surface area contributed by atoms with Gasteiger partial charge in [-0.15, -0.1) is 0 Å². The lowest BCUT2D eigenvalue weighted by atomic mass is 10.1.